The lowest BCUT2D eigenvalue weighted by atomic mass is 9.92. The fourth-order valence-corrected chi connectivity index (χ4v) is 1.73. The predicted octanol–water partition coefficient (Wildman–Crippen LogP) is 4.80. The van der Waals surface area contributed by atoms with Crippen LogP contribution in [0.1, 0.15) is 51.8 Å². The van der Waals surface area contributed by atoms with E-state index in [1.165, 1.54) is 24.8 Å². The van der Waals surface area contributed by atoms with Gasteiger partial charge >= 0.3 is 0 Å². The Labute approximate surface area is 123 Å². The predicted molar refractivity (Wildman–Crippen MR) is 85.8 cm³/mol. The summed E-state index contributed by atoms with van der Waals surface area (Å²) in [7, 11) is 0. The molecule has 2 aromatic rings. The molecular formula is C18H26N2. The first-order chi connectivity index (χ1) is 9.54. The Morgan fingerprint density at radius 1 is 1.00 bits per heavy atom. The second-order valence-electron chi connectivity index (χ2n) is 5.93. The first kappa shape index (κ1) is 16.4. The van der Waals surface area contributed by atoms with E-state index in [0.29, 0.717) is 0 Å². The van der Waals surface area contributed by atoms with Gasteiger partial charge in [-0.25, -0.2) is 0 Å². The third-order valence-corrected chi connectivity index (χ3v) is 2.98. The van der Waals surface area contributed by atoms with Gasteiger partial charge in [0.15, 0.2) is 0 Å². The van der Waals surface area contributed by atoms with Crippen LogP contribution in [0.15, 0.2) is 48.9 Å². The molecule has 0 spiro atoms. The molecule has 2 heteroatoms. The molecule has 0 atom stereocenters. The van der Waals surface area contributed by atoms with Crippen LogP contribution in [-0.4, -0.2) is 9.97 Å². The molecule has 0 fully saturated rings. The minimum absolute atomic E-state index is 0.182. The lowest BCUT2D eigenvalue weighted by Gasteiger charge is -2.16. The first-order valence-corrected chi connectivity index (χ1v) is 7.34. The highest BCUT2D eigenvalue weighted by Crippen LogP contribution is 2.18. The van der Waals surface area contributed by atoms with Crippen LogP contribution in [0.2, 0.25) is 0 Å². The van der Waals surface area contributed by atoms with Gasteiger partial charge in [0.1, 0.15) is 0 Å². The molecule has 2 rings (SSSR count). The molecule has 0 radical (unpaired) electrons. The number of aromatic nitrogens is 2. The number of unbranched alkanes of at least 4 members (excludes halogenated alkanes) is 1. The van der Waals surface area contributed by atoms with Gasteiger partial charge in [-0.3, -0.25) is 9.97 Å². The van der Waals surface area contributed by atoms with Crippen molar-refractivity contribution in [2.24, 2.45) is 0 Å². The van der Waals surface area contributed by atoms with E-state index >= 15 is 0 Å². The molecule has 0 aliphatic carbocycles. The van der Waals surface area contributed by atoms with Crippen LogP contribution >= 0.6 is 0 Å². The molecule has 2 aromatic heterocycles. The van der Waals surface area contributed by atoms with Crippen molar-refractivity contribution in [2.75, 3.05) is 0 Å². The highest BCUT2D eigenvalue weighted by Gasteiger charge is 2.13. The van der Waals surface area contributed by atoms with Crippen LogP contribution < -0.4 is 0 Å². The average molecular weight is 270 g/mol. The van der Waals surface area contributed by atoms with E-state index in [9.17, 15) is 0 Å². The smallest absolute Gasteiger partial charge is 0.0457 e. The van der Waals surface area contributed by atoms with E-state index in [0.717, 1.165) is 5.69 Å². The zero-order valence-corrected chi connectivity index (χ0v) is 13.1. The number of aryl methyl sites for hydroxylation is 1. The standard InChI is InChI=1S/2C9H13N/c1-9(2,3)8-6-4-5-7-10-8;1-2-3-5-9-6-4-7-10-8-9/h4-7H,1-3H3;4,6-8H,2-3,5H2,1H3. The minimum Gasteiger partial charge on any atom is -0.264 e. The van der Waals surface area contributed by atoms with E-state index in [2.05, 4.69) is 49.8 Å². The monoisotopic (exact) mass is 270 g/mol. The fraction of sp³-hybridized carbons (Fsp3) is 0.444. The van der Waals surface area contributed by atoms with Gasteiger partial charge in [-0.2, -0.15) is 0 Å². The topological polar surface area (TPSA) is 25.8 Å². The molecule has 2 nitrogen and oxygen atoms in total. The molecule has 0 unspecified atom stereocenters. The molecule has 0 bridgehead atoms. The summed E-state index contributed by atoms with van der Waals surface area (Å²) in [6.45, 7) is 8.69. The number of rotatable bonds is 3. The number of pyridine rings is 2. The van der Waals surface area contributed by atoms with Crippen molar-refractivity contribution in [1.29, 1.82) is 0 Å². The largest absolute Gasteiger partial charge is 0.264 e. The van der Waals surface area contributed by atoms with Crippen molar-refractivity contribution >= 4 is 0 Å². The maximum Gasteiger partial charge on any atom is 0.0457 e. The van der Waals surface area contributed by atoms with E-state index < -0.39 is 0 Å². The zero-order chi connectivity index (χ0) is 14.8. The van der Waals surface area contributed by atoms with E-state index in [1.54, 1.807) is 0 Å². The van der Waals surface area contributed by atoms with Crippen molar-refractivity contribution < 1.29 is 0 Å². The molecule has 0 N–H and O–H groups in total. The Balaban J connectivity index is 0.000000200. The first-order valence-electron chi connectivity index (χ1n) is 7.34. The van der Waals surface area contributed by atoms with Crippen LogP contribution in [0.25, 0.3) is 0 Å². The Bertz CT molecular complexity index is 458. The normalized spacial score (nSPS) is 10.6. The van der Waals surface area contributed by atoms with Gasteiger partial charge in [0.25, 0.3) is 0 Å². The average Bonchev–Trinajstić information content (AvgIpc) is 2.47. The molecule has 0 saturated carbocycles. The molecule has 0 aliphatic rings. The molecule has 0 saturated heterocycles. The van der Waals surface area contributed by atoms with Crippen molar-refractivity contribution in [3.8, 4) is 0 Å². The van der Waals surface area contributed by atoms with Crippen LogP contribution in [0.4, 0.5) is 0 Å². The Hall–Kier alpha value is -1.70. The Morgan fingerprint density at radius 3 is 2.25 bits per heavy atom. The quantitative estimate of drug-likeness (QED) is 0.800. The molecule has 0 amide bonds. The van der Waals surface area contributed by atoms with E-state index in [-0.39, 0.29) is 5.41 Å². The summed E-state index contributed by atoms with van der Waals surface area (Å²) in [5.41, 5.74) is 2.68. The van der Waals surface area contributed by atoms with E-state index in [1.807, 2.05) is 36.8 Å². The van der Waals surface area contributed by atoms with Gasteiger partial charge < -0.3 is 0 Å². The summed E-state index contributed by atoms with van der Waals surface area (Å²) in [6.07, 6.45) is 9.29. The van der Waals surface area contributed by atoms with Crippen molar-refractivity contribution in [3.05, 3.63) is 60.2 Å². The lowest BCUT2D eigenvalue weighted by Crippen LogP contribution is -2.12. The van der Waals surface area contributed by atoms with Gasteiger partial charge in [-0.1, -0.05) is 46.2 Å². The van der Waals surface area contributed by atoms with Gasteiger partial charge in [0, 0.05) is 29.7 Å². The second-order valence-corrected chi connectivity index (χ2v) is 5.93. The van der Waals surface area contributed by atoms with Crippen molar-refractivity contribution in [3.63, 3.8) is 0 Å². The number of hydrogen-bond acceptors (Lipinski definition) is 2. The van der Waals surface area contributed by atoms with Crippen LogP contribution in [-0.2, 0) is 11.8 Å². The summed E-state index contributed by atoms with van der Waals surface area (Å²) in [5, 5.41) is 0. The maximum atomic E-state index is 4.25. The number of hydrogen-bond donors (Lipinski definition) is 0. The van der Waals surface area contributed by atoms with Crippen LogP contribution in [0, 0.1) is 0 Å². The molecule has 0 aromatic carbocycles. The van der Waals surface area contributed by atoms with Gasteiger partial charge in [0.05, 0.1) is 0 Å². The summed E-state index contributed by atoms with van der Waals surface area (Å²) < 4.78 is 0. The van der Waals surface area contributed by atoms with Gasteiger partial charge in [-0.05, 0) is 36.6 Å². The second kappa shape index (κ2) is 8.47. The third-order valence-electron chi connectivity index (χ3n) is 2.98. The SMILES string of the molecule is CC(C)(C)c1ccccn1.CCCCc1cccnc1. The summed E-state index contributed by atoms with van der Waals surface area (Å²) in [5.74, 6) is 0. The van der Waals surface area contributed by atoms with Gasteiger partial charge in [-0.15, -0.1) is 0 Å². The highest BCUT2D eigenvalue weighted by atomic mass is 14.7. The number of nitrogens with zero attached hydrogens (tertiary/aromatic N) is 2. The third kappa shape index (κ3) is 6.46. The molecule has 0 aliphatic heterocycles. The zero-order valence-electron chi connectivity index (χ0n) is 13.1. The minimum atomic E-state index is 0.182. The van der Waals surface area contributed by atoms with Crippen LogP contribution in [0.5, 0.6) is 0 Å². The van der Waals surface area contributed by atoms with Gasteiger partial charge in [0.2, 0.25) is 0 Å². The lowest BCUT2D eigenvalue weighted by molar-refractivity contribution is 0.569. The van der Waals surface area contributed by atoms with Crippen LogP contribution in [0.3, 0.4) is 0 Å². The molecule has 2 heterocycles. The molecular weight excluding hydrogens is 244 g/mol. The molecule has 108 valence electrons. The molecule has 20 heavy (non-hydrogen) atoms. The Morgan fingerprint density at radius 2 is 1.80 bits per heavy atom. The summed E-state index contributed by atoms with van der Waals surface area (Å²) >= 11 is 0. The summed E-state index contributed by atoms with van der Waals surface area (Å²) in [4.78, 5) is 8.29. The van der Waals surface area contributed by atoms with Crippen molar-refractivity contribution in [1.82, 2.24) is 9.97 Å². The Kier molecular flexibility index (Phi) is 6.92. The van der Waals surface area contributed by atoms with Crippen molar-refractivity contribution in [2.45, 2.75) is 52.4 Å². The maximum absolute atomic E-state index is 4.25. The summed E-state index contributed by atoms with van der Waals surface area (Å²) in [6, 6.07) is 10.1. The van der Waals surface area contributed by atoms with E-state index in [4.69, 9.17) is 0 Å². The highest BCUT2D eigenvalue weighted by molar-refractivity contribution is 5.12. The fourth-order valence-electron chi connectivity index (χ4n) is 1.73.